The molecular formula is C30H40N8O4. The van der Waals surface area contributed by atoms with Crippen LogP contribution >= 0.6 is 0 Å². The van der Waals surface area contributed by atoms with Gasteiger partial charge in [-0.2, -0.15) is 4.98 Å². The quantitative estimate of drug-likeness (QED) is 0.459. The van der Waals surface area contributed by atoms with Crippen LogP contribution in [-0.2, 0) is 37.7 Å². The van der Waals surface area contributed by atoms with E-state index in [0.29, 0.717) is 36.0 Å². The van der Waals surface area contributed by atoms with Crippen LogP contribution in [0.15, 0.2) is 9.59 Å². The zero-order valence-corrected chi connectivity index (χ0v) is 25.4. The summed E-state index contributed by atoms with van der Waals surface area (Å²) in [5.41, 5.74) is 2.16. The zero-order chi connectivity index (χ0) is 30.2. The van der Waals surface area contributed by atoms with Crippen LogP contribution in [0.2, 0.25) is 0 Å². The predicted octanol–water partition coefficient (Wildman–Crippen LogP) is 2.44. The smallest absolute Gasteiger partial charge is 0.407 e. The lowest BCUT2D eigenvalue weighted by Crippen LogP contribution is -2.49. The van der Waals surface area contributed by atoms with Crippen molar-refractivity contribution < 1.29 is 9.53 Å². The molecule has 0 spiro atoms. The van der Waals surface area contributed by atoms with Gasteiger partial charge in [0.1, 0.15) is 11.4 Å². The molecule has 0 bridgehead atoms. The number of rotatable bonds is 5. The molecular weight excluding hydrogens is 536 g/mol. The van der Waals surface area contributed by atoms with Crippen LogP contribution in [0.25, 0.3) is 11.2 Å². The van der Waals surface area contributed by atoms with Crippen LogP contribution in [0.1, 0.15) is 76.2 Å². The molecule has 1 fully saturated rings. The minimum Gasteiger partial charge on any atom is -0.444 e. The van der Waals surface area contributed by atoms with Gasteiger partial charge in [-0.15, -0.1) is 5.92 Å². The normalized spacial score (nSPS) is 17.0. The lowest BCUT2D eigenvalue weighted by molar-refractivity contribution is 0.0499. The summed E-state index contributed by atoms with van der Waals surface area (Å²) in [5, 5.41) is 2.96. The van der Waals surface area contributed by atoms with E-state index in [1.165, 1.54) is 14.7 Å². The minimum absolute atomic E-state index is 0.0267. The maximum atomic E-state index is 14.0. The molecule has 12 heteroatoms. The number of aryl methyl sites for hydroxylation is 3. The Kier molecular flexibility index (Phi) is 8.12. The fourth-order valence-electron chi connectivity index (χ4n) is 5.86. The first-order valence-corrected chi connectivity index (χ1v) is 14.7. The second-order valence-electron chi connectivity index (χ2n) is 12.1. The van der Waals surface area contributed by atoms with Crippen molar-refractivity contribution in [2.75, 3.05) is 18.0 Å². The Hall–Kier alpha value is -4.14. The molecule has 1 atom stereocenters. The van der Waals surface area contributed by atoms with E-state index in [4.69, 9.17) is 14.7 Å². The Morgan fingerprint density at radius 2 is 1.86 bits per heavy atom. The minimum atomic E-state index is -0.598. The number of alkyl carbamates (subject to hydrolysis) is 1. The summed E-state index contributed by atoms with van der Waals surface area (Å²) in [7, 11) is 1.62. The maximum Gasteiger partial charge on any atom is 0.407 e. The van der Waals surface area contributed by atoms with E-state index < -0.39 is 22.9 Å². The Balaban J connectivity index is 1.53. The molecule has 1 unspecified atom stereocenters. The van der Waals surface area contributed by atoms with Crippen molar-refractivity contribution in [3.05, 3.63) is 43.6 Å². The van der Waals surface area contributed by atoms with Gasteiger partial charge in [0, 0.05) is 37.6 Å². The van der Waals surface area contributed by atoms with Gasteiger partial charge >= 0.3 is 11.8 Å². The largest absolute Gasteiger partial charge is 0.444 e. The van der Waals surface area contributed by atoms with Crippen molar-refractivity contribution in [2.45, 2.75) is 97.9 Å². The first kappa shape index (κ1) is 29.4. The fraction of sp³-hybridized carbons (Fsp3) is 0.600. The van der Waals surface area contributed by atoms with E-state index in [2.05, 4.69) is 22.1 Å². The van der Waals surface area contributed by atoms with Crippen LogP contribution in [0.4, 0.5) is 10.7 Å². The molecule has 0 aromatic carbocycles. The number of carbonyl (C=O) groups is 1. The highest BCUT2D eigenvalue weighted by Gasteiger charge is 2.29. The zero-order valence-electron chi connectivity index (χ0n) is 25.4. The number of ether oxygens (including phenoxy) is 1. The molecule has 4 heterocycles. The summed E-state index contributed by atoms with van der Waals surface area (Å²) in [6.07, 6.45) is 5.15. The fourth-order valence-corrected chi connectivity index (χ4v) is 5.86. The third-order valence-corrected chi connectivity index (χ3v) is 7.79. The summed E-state index contributed by atoms with van der Waals surface area (Å²) in [6.45, 7) is 10.5. The lowest BCUT2D eigenvalue weighted by atomic mass is 9.95. The Morgan fingerprint density at radius 3 is 2.60 bits per heavy atom. The second kappa shape index (κ2) is 11.6. The molecule has 3 aromatic rings. The van der Waals surface area contributed by atoms with Crippen molar-refractivity contribution in [2.24, 2.45) is 7.05 Å². The highest BCUT2D eigenvalue weighted by Crippen LogP contribution is 2.24. The number of nitrogens with zero attached hydrogens (tertiary/aromatic N) is 7. The third-order valence-electron chi connectivity index (χ3n) is 7.79. The number of hydrogen-bond acceptors (Lipinski definition) is 8. The summed E-state index contributed by atoms with van der Waals surface area (Å²) in [4.78, 5) is 56.2. The molecule has 1 N–H and O–H groups in total. The van der Waals surface area contributed by atoms with Crippen molar-refractivity contribution in [1.29, 1.82) is 0 Å². The lowest BCUT2D eigenvalue weighted by Gasteiger charge is -2.34. The number of carbonyl (C=O) groups excluding carboxylic acids is 1. The molecule has 1 aliphatic carbocycles. The van der Waals surface area contributed by atoms with Gasteiger partial charge in [-0.3, -0.25) is 18.5 Å². The summed E-state index contributed by atoms with van der Waals surface area (Å²) >= 11 is 0. The number of anilines is 1. The average molecular weight is 577 g/mol. The monoisotopic (exact) mass is 576 g/mol. The number of hydrogen-bond donors (Lipinski definition) is 1. The van der Waals surface area contributed by atoms with Crippen molar-refractivity contribution in [3.63, 3.8) is 0 Å². The highest BCUT2D eigenvalue weighted by atomic mass is 16.6. The van der Waals surface area contributed by atoms with E-state index in [1.807, 2.05) is 32.6 Å². The molecule has 0 saturated carbocycles. The first-order chi connectivity index (χ1) is 20.0. The van der Waals surface area contributed by atoms with E-state index in [9.17, 15) is 14.4 Å². The average Bonchev–Trinajstić information content (AvgIpc) is 3.32. The van der Waals surface area contributed by atoms with Gasteiger partial charge in [0.25, 0.3) is 5.56 Å². The van der Waals surface area contributed by atoms with Crippen LogP contribution in [0.5, 0.6) is 0 Å². The van der Waals surface area contributed by atoms with Gasteiger partial charge < -0.3 is 15.0 Å². The molecule has 12 nitrogen and oxygen atoms in total. The van der Waals surface area contributed by atoms with Crippen LogP contribution in [0.3, 0.4) is 0 Å². The Morgan fingerprint density at radius 1 is 1.10 bits per heavy atom. The molecule has 1 saturated heterocycles. The predicted molar refractivity (Wildman–Crippen MR) is 160 cm³/mol. The van der Waals surface area contributed by atoms with E-state index >= 15 is 0 Å². The summed E-state index contributed by atoms with van der Waals surface area (Å²) in [5.74, 6) is 6.96. The van der Waals surface area contributed by atoms with Crippen LogP contribution < -0.4 is 21.5 Å². The highest BCUT2D eigenvalue weighted by molar-refractivity contribution is 5.75. The second-order valence-corrected chi connectivity index (χ2v) is 12.1. The van der Waals surface area contributed by atoms with Gasteiger partial charge in [-0.25, -0.2) is 19.6 Å². The SMILES string of the molecule is CC#CCn1c(N2CCCC(NC(=O)OC(C)(C)C)C2)nc2c1c(=O)n(Cc1nc(C)c3c(n1)CCCC3)c(=O)n2C. The maximum absolute atomic E-state index is 14.0. The summed E-state index contributed by atoms with van der Waals surface area (Å²) < 4.78 is 9.82. The number of fused-ring (bicyclic) bond motifs is 2. The third kappa shape index (κ3) is 5.91. The van der Waals surface area contributed by atoms with Gasteiger partial charge in [0.2, 0.25) is 5.95 Å². The standard InChI is InChI=1S/C30H40N8O4/c1-7-8-16-37-24-25(34-27(37)36-15-11-12-20(17-36)32-28(40)42-30(3,4)5)35(6)29(41)38(26(24)39)18-23-31-19(2)21-13-9-10-14-22(21)33-23/h20H,9-18H2,1-6H3,(H,32,40). The molecule has 0 radical (unpaired) electrons. The molecule has 3 aromatic heterocycles. The topological polar surface area (TPSA) is 129 Å². The van der Waals surface area contributed by atoms with E-state index in [-0.39, 0.29) is 19.1 Å². The van der Waals surface area contributed by atoms with Crippen molar-refractivity contribution in [1.82, 2.24) is 34.0 Å². The van der Waals surface area contributed by atoms with Crippen molar-refractivity contribution in [3.8, 4) is 11.8 Å². The van der Waals surface area contributed by atoms with Crippen molar-refractivity contribution >= 4 is 23.2 Å². The van der Waals surface area contributed by atoms with Gasteiger partial charge in [0.15, 0.2) is 11.2 Å². The first-order valence-electron chi connectivity index (χ1n) is 14.7. The molecule has 1 aliphatic heterocycles. The van der Waals surface area contributed by atoms with Crippen LogP contribution in [-0.4, -0.2) is 59.5 Å². The van der Waals surface area contributed by atoms with Gasteiger partial charge in [0.05, 0.1) is 13.1 Å². The number of piperidine rings is 1. The number of aromatic nitrogens is 6. The van der Waals surface area contributed by atoms with Crippen LogP contribution in [0, 0.1) is 18.8 Å². The summed E-state index contributed by atoms with van der Waals surface area (Å²) in [6, 6.07) is -0.163. The molecule has 42 heavy (non-hydrogen) atoms. The van der Waals surface area contributed by atoms with Gasteiger partial charge in [-0.05, 0) is 78.7 Å². The molecule has 224 valence electrons. The number of amides is 1. The van der Waals surface area contributed by atoms with E-state index in [0.717, 1.165) is 49.9 Å². The number of imidazole rings is 1. The Bertz CT molecular complexity index is 1700. The molecule has 2 aliphatic rings. The molecule has 5 rings (SSSR count). The molecule has 1 amide bonds. The van der Waals surface area contributed by atoms with E-state index in [1.54, 1.807) is 18.5 Å². The number of nitrogens with one attached hydrogen (secondary N) is 1. The Labute approximate surface area is 245 Å². The van der Waals surface area contributed by atoms with Gasteiger partial charge in [-0.1, -0.05) is 5.92 Å².